The van der Waals surface area contributed by atoms with Gasteiger partial charge in [-0.3, -0.25) is 9.69 Å². The van der Waals surface area contributed by atoms with Gasteiger partial charge in [-0.05, 0) is 84.5 Å². The van der Waals surface area contributed by atoms with Crippen LogP contribution in [-0.4, -0.2) is 52.2 Å². The lowest BCUT2D eigenvalue weighted by Crippen LogP contribution is -2.74. The number of H-pyrrole nitrogens is 1. The summed E-state index contributed by atoms with van der Waals surface area (Å²) < 4.78 is 7.03. The number of aromatic nitrogens is 1. The van der Waals surface area contributed by atoms with Crippen molar-refractivity contribution in [3.8, 4) is 16.9 Å². The fraction of sp³-hybridized carbons (Fsp3) is 0.341. The molecule has 5 aromatic rings. The highest BCUT2D eigenvalue weighted by Gasteiger charge is 2.72. The van der Waals surface area contributed by atoms with Crippen molar-refractivity contribution in [2.45, 2.75) is 61.7 Å². The summed E-state index contributed by atoms with van der Waals surface area (Å²) in [6.07, 6.45) is 5.16. The van der Waals surface area contributed by atoms with E-state index in [4.69, 9.17) is 4.74 Å². The Kier molecular flexibility index (Phi) is 5.93. The van der Waals surface area contributed by atoms with Crippen LogP contribution in [0.3, 0.4) is 0 Å². The van der Waals surface area contributed by atoms with Crippen LogP contribution in [0.15, 0.2) is 91.0 Å². The monoisotopic (exact) mass is 621 g/mol. The Bertz CT molecular complexity index is 2050. The average Bonchev–Trinajstić information content (AvgIpc) is 3.74. The summed E-state index contributed by atoms with van der Waals surface area (Å²) >= 11 is 0. The number of nitrogens with zero attached hydrogens (tertiary/aromatic N) is 1. The standard InChI is InChI=1S/C41H39N3O3/c45-39(42-20-18-25-12-14-28(15-13-25)27-6-2-1-3-7-27)31-17-16-29-22-34-41(46)23-32-30-8-4-5-9-33(30)43-36(32)38-40(41,35(29)37(31)47-38)19-21-44(34)24-26-10-11-26/h1-9,12-17,26,34,38,43,46H,10-11,18-24H2,(H,42,45)/t34?,38?,40?,41-/m1/s1. The highest BCUT2D eigenvalue weighted by Crippen LogP contribution is 2.68. The molecule has 3 unspecified atom stereocenters. The molecule has 4 aromatic carbocycles. The Morgan fingerprint density at radius 2 is 1.74 bits per heavy atom. The van der Waals surface area contributed by atoms with Crippen LogP contribution in [0.1, 0.15) is 63.7 Å². The van der Waals surface area contributed by atoms with Crippen molar-refractivity contribution in [1.29, 1.82) is 0 Å². The molecule has 3 N–H and O–H groups in total. The number of rotatable bonds is 7. The van der Waals surface area contributed by atoms with E-state index in [1.165, 1.54) is 40.7 Å². The fourth-order valence-electron chi connectivity index (χ4n) is 9.68. The number of benzene rings is 4. The number of amides is 1. The Balaban J connectivity index is 0.986. The zero-order chi connectivity index (χ0) is 31.3. The van der Waals surface area contributed by atoms with Crippen molar-refractivity contribution in [3.63, 3.8) is 0 Å². The number of hydrogen-bond donors (Lipinski definition) is 3. The third kappa shape index (κ3) is 3.95. The van der Waals surface area contributed by atoms with Gasteiger partial charge in [0, 0.05) is 42.0 Å². The molecule has 0 radical (unpaired) electrons. The third-order valence-corrected chi connectivity index (χ3v) is 12.1. The van der Waals surface area contributed by atoms with Crippen molar-refractivity contribution >= 4 is 16.8 Å². The highest BCUT2D eigenvalue weighted by molar-refractivity contribution is 5.98. The first kappa shape index (κ1) is 27.7. The van der Waals surface area contributed by atoms with Crippen LogP contribution in [0.5, 0.6) is 5.75 Å². The number of aromatic amines is 1. The van der Waals surface area contributed by atoms with E-state index in [1.807, 2.05) is 12.1 Å². The Morgan fingerprint density at radius 1 is 0.957 bits per heavy atom. The first-order valence-corrected chi connectivity index (χ1v) is 17.3. The summed E-state index contributed by atoms with van der Waals surface area (Å²) in [6, 6.07) is 31.5. The molecule has 1 amide bonds. The predicted octanol–water partition coefficient (Wildman–Crippen LogP) is 6.51. The molecule has 47 heavy (non-hydrogen) atoms. The number of fused-ring (bicyclic) bond motifs is 4. The smallest absolute Gasteiger partial charge is 0.255 e. The highest BCUT2D eigenvalue weighted by atomic mass is 16.5. The number of ether oxygens (including phenoxy) is 1. The van der Waals surface area contributed by atoms with Gasteiger partial charge in [0.25, 0.3) is 5.91 Å². The van der Waals surface area contributed by atoms with Crippen LogP contribution < -0.4 is 10.1 Å². The second-order valence-electron chi connectivity index (χ2n) is 14.6. The van der Waals surface area contributed by atoms with Gasteiger partial charge in [-0.15, -0.1) is 0 Å². The average molecular weight is 622 g/mol. The Labute approximate surface area is 274 Å². The zero-order valence-corrected chi connectivity index (χ0v) is 26.5. The van der Waals surface area contributed by atoms with Gasteiger partial charge in [0.1, 0.15) is 5.75 Å². The molecule has 1 aromatic heterocycles. The second-order valence-corrected chi connectivity index (χ2v) is 14.6. The molecule has 4 atom stereocenters. The third-order valence-electron chi connectivity index (χ3n) is 12.1. The van der Waals surface area contributed by atoms with Gasteiger partial charge >= 0.3 is 0 Å². The van der Waals surface area contributed by atoms with Crippen LogP contribution in [0.2, 0.25) is 0 Å². The minimum absolute atomic E-state index is 0.0242. The topological polar surface area (TPSA) is 77.6 Å². The Morgan fingerprint density at radius 3 is 2.57 bits per heavy atom. The summed E-state index contributed by atoms with van der Waals surface area (Å²) in [6.45, 7) is 2.53. The van der Waals surface area contributed by atoms with Crippen molar-refractivity contribution in [3.05, 3.63) is 125 Å². The van der Waals surface area contributed by atoms with Gasteiger partial charge in [0.2, 0.25) is 0 Å². The largest absolute Gasteiger partial charge is 0.482 e. The van der Waals surface area contributed by atoms with E-state index in [1.54, 1.807) is 0 Å². The number of para-hydroxylation sites is 1. The predicted molar refractivity (Wildman–Crippen MR) is 183 cm³/mol. The maximum Gasteiger partial charge on any atom is 0.255 e. The van der Waals surface area contributed by atoms with Gasteiger partial charge in [-0.2, -0.15) is 0 Å². The molecule has 6 nitrogen and oxygen atoms in total. The maximum absolute atomic E-state index is 13.9. The number of carbonyl (C=O) groups excluding carboxylic acids is 1. The number of piperidine rings is 1. The number of aliphatic hydroxyl groups is 1. The number of carbonyl (C=O) groups is 1. The van der Waals surface area contributed by atoms with Gasteiger partial charge in [0.05, 0.1) is 22.3 Å². The molecular formula is C41H39N3O3. The number of nitrogens with one attached hydrogen (secondary N) is 2. The van der Waals surface area contributed by atoms with E-state index in [2.05, 4.69) is 94.1 Å². The van der Waals surface area contributed by atoms with E-state index >= 15 is 0 Å². The molecule has 1 saturated carbocycles. The maximum atomic E-state index is 13.9. The van der Waals surface area contributed by atoms with Gasteiger partial charge in [-0.1, -0.05) is 78.9 Å². The minimum Gasteiger partial charge on any atom is -0.482 e. The summed E-state index contributed by atoms with van der Waals surface area (Å²) in [5, 5.41) is 17.6. The quantitative estimate of drug-likeness (QED) is 0.194. The van der Waals surface area contributed by atoms with Crippen LogP contribution in [0.4, 0.5) is 0 Å². The van der Waals surface area contributed by atoms with E-state index < -0.39 is 11.0 Å². The molecule has 2 aliphatic heterocycles. The van der Waals surface area contributed by atoms with Crippen LogP contribution in [0, 0.1) is 5.92 Å². The summed E-state index contributed by atoms with van der Waals surface area (Å²) in [4.78, 5) is 20.2. The van der Waals surface area contributed by atoms with E-state index in [9.17, 15) is 9.90 Å². The van der Waals surface area contributed by atoms with Crippen LogP contribution in [0.25, 0.3) is 22.0 Å². The molecular weight excluding hydrogens is 582 g/mol. The second kappa shape index (κ2) is 10.1. The molecule has 3 heterocycles. The fourth-order valence-corrected chi connectivity index (χ4v) is 9.68. The lowest BCUT2D eigenvalue weighted by atomic mass is 9.49. The van der Waals surface area contributed by atoms with Gasteiger partial charge in [0.15, 0.2) is 6.10 Å². The minimum atomic E-state index is -0.984. The summed E-state index contributed by atoms with van der Waals surface area (Å²) in [5.74, 6) is 1.31. The molecule has 2 fully saturated rings. The van der Waals surface area contributed by atoms with Crippen molar-refractivity contribution in [2.75, 3.05) is 19.6 Å². The normalized spacial score (nSPS) is 26.8. The number of hydrogen-bond acceptors (Lipinski definition) is 4. The summed E-state index contributed by atoms with van der Waals surface area (Å²) in [7, 11) is 0. The van der Waals surface area contributed by atoms with E-state index in [-0.39, 0.29) is 18.1 Å². The Hall–Kier alpha value is -4.39. The molecule has 5 aliphatic rings. The molecule has 236 valence electrons. The van der Waals surface area contributed by atoms with Gasteiger partial charge in [-0.25, -0.2) is 0 Å². The van der Waals surface area contributed by atoms with Crippen LogP contribution >= 0.6 is 0 Å². The lowest BCUT2D eigenvalue weighted by molar-refractivity contribution is -0.173. The molecule has 6 heteroatoms. The molecule has 1 spiro atoms. The molecule has 1 saturated heterocycles. The first-order valence-electron chi connectivity index (χ1n) is 17.3. The van der Waals surface area contributed by atoms with Crippen molar-refractivity contribution in [1.82, 2.24) is 15.2 Å². The lowest BCUT2D eigenvalue weighted by Gasteiger charge is -2.62. The van der Waals surface area contributed by atoms with Crippen LogP contribution in [-0.2, 0) is 24.7 Å². The SMILES string of the molecule is O=C(NCCc1ccc(-c2ccccc2)cc1)c1ccc2c3c1OC1c4[nH]c5ccccc5c4C[C@@]4(O)C(C2)N(CC2CC2)CCC314. The van der Waals surface area contributed by atoms with Crippen molar-refractivity contribution < 1.29 is 14.6 Å². The molecule has 2 bridgehead atoms. The van der Waals surface area contributed by atoms with Crippen molar-refractivity contribution in [2.24, 2.45) is 5.92 Å². The van der Waals surface area contributed by atoms with Gasteiger partial charge < -0.3 is 20.1 Å². The zero-order valence-electron chi connectivity index (χ0n) is 26.5. The molecule has 10 rings (SSSR count). The number of likely N-dealkylation sites (tertiary alicyclic amines) is 1. The molecule has 3 aliphatic carbocycles. The summed E-state index contributed by atoms with van der Waals surface area (Å²) in [5.41, 5.74) is 8.20. The first-order chi connectivity index (χ1) is 23.0. The van der Waals surface area contributed by atoms with E-state index in [0.717, 1.165) is 60.4 Å². The van der Waals surface area contributed by atoms with E-state index in [0.29, 0.717) is 24.3 Å².